The topological polar surface area (TPSA) is 90.3 Å². The Morgan fingerprint density at radius 2 is 1.67 bits per heavy atom. The monoisotopic (exact) mass is 583 g/mol. The van der Waals surface area contributed by atoms with Crippen molar-refractivity contribution in [3.8, 4) is 11.3 Å². The number of amides is 1. The minimum absolute atomic E-state index is 0.0710. The van der Waals surface area contributed by atoms with Gasteiger partial charge in [-0.1, -0.05) is 73.9 Å². The molecule has 1 amide bonds. The van der Waals surface area contributed by atoms with Gasteiger partial charge in [-0.2, -0.15) is 5.10 Å². The van der Waals surface area contributed by atoms with Crippen LogP contribution >= 0.6 is 0 Å². The van der Waals surface area contributed by atoms with Crippen molar-refractivity contribution in [2.45, 2.75) is 96.6 Å². The predicted molar refractivity (Wildman–Crippen MR) is 169 cm³/mol. The molecule has 3 aromatic rings. The normalized spacial score (nSPS) is 16.9. The van der Waals surface area contributed by atoms with Crippen molar-refractivity contribution in [1.82, 2.24) is 15.1 Å². The zero-order valence-corrected chi connectivity index (χ0v) is 25.8. The number of hydrogen-bond acceptors (Lipinski definition) is 5. The molecule has 2 fully saturated rings. The third-order valence-electron chi connectivity index (χ3n) is 8.83. The van der Waals surface area contributed by atoms with E-state index in [-0.39, 0.29) is 28.8 Å². The van der Waals surface area contributed by atoms with Crippen molar-refractivity contribution < 1.29 is 14.3 Å². The fourth-order valence-electron chi connectivity index (χ4n) is 6.26. The van der Waals surface area contributed by atoms with Gasteiger partial charge in [-0.25, -0.2) is 4.68 Å². The molecule has 228 valence electrons. The number of nitrogens with one attached hydrogen (secondary N) is 1. The van der Waals surface area contributed by atoms with Crippen LogP contribution in [0.15, 0.2) is 71.5 Å². The van der Waals surface area contributed by atoms with Crippen molar-refractivity contribution in [3.05, 3.63) is 88.2 Å². The van der Waals surface area contributed by atoms with Gasteiger partial charge in [-0.15, -0.1) is 0 Å². The molecule has 0 spiro atoms. The Hall–Kier alpha value is -3.74. The van der Waals surface area contributed by atoms with Gasteiger partial charge in [0.2, 0.25) is 5.91 Å². The van der Waals surface area contributed by atoms with Crippen molar-refractivity contribution in [2.24, 2.45) is 11.3 Å². The number of carbonyl (C=O) groups is 2. The lowest BCUT2D eigenvalue weighted by molar-refractivity contribution is -0.162. The molecule has 1 heterocycles. The van der Waals surface area contributed by atoms with Crippen LogP contribution in [0, 0.1) is 11.3 Å². The van der Waals surface area contributed by atoms with Crippen molar-refractivity contribution in [3.63, 3.8) is 0 Å². The molecule has 1 atom stereocenters. The number of hydrogen-bond donors (Lipinski definition) is 1. The molecule has 0 aliphatic heterocycles. The quantitative estimate of drug-likeness (QED) is 0.191. The second-order valence-electron chi connectivity index (χ2n) is 13.4. The van der Waals surface area contributed by atoms with E-state index in [1.54, 1.807) is 12.1 Å². The number of unbranched alkanes of at least 4 members (excludes halogenated alkanes) is 1. The lowest BCUT2D eigenvalue weighted by Gasteiger charge is -2.24. The molecule has 2 aliphatic rings. The molecule has 1 unspecified atom stereocenters. The summed E-state index contributed by atoms with van der Waals surface area (Å²) in [5, 5.41) is 7.80. The minimum atomic E-state index is -0.462. The second kappa shape index (κ2) is 13.3. The second-order valence-corrected chi connectivity index (χ2v) is 13.4. The van der Waals surface area contributed by atoms with Crippen LogP contribution in [0.4, 0.5) is 0 Å². The lowest BCUT2D eigenvalue weighted by atomic mass is 9.83. The number of esters is 1. The van der Waals surface area contributed by atoms with Crippen molar-refractivity contribution in [2.75, 3.05) is 6.54 Å². The first-order chi connectivity index (χ1) is 20.6. The summed E-state index contributed by atoms with van der Waals surface area (Å²) < 4.78 is 7.13. The molecule has 7 nitrogen and oxygen atoms in total. The van der Waals surface area contributed by atoms with Crippen LogP contribution in [0.2, 0.25) is 0 Å². The molecular formula is C36H45N3O4. The molecule has 0 saturated heterocycles. The van der Waals surface area contributed by atoms with Gasteiger partial charge in [-0.05, 0) is 82.4 Å². The van der Waals surface area contributed by atoms with Crippen LogP contribution in [0.25, 0.3) is 11.3 Å². The van der Waals surface area contributed by atoms with E-state index in [2.05, 4.69) is 10.4 Å². The van der Waals surface area contributed by atoms with Crippen LogP contribution < -0.4 is 10.9 Å². The molecule has 2 saturated carbocycles. The van der Waals surface area contributed by atoms with Crippen molar-refractivity contribution in [1.29, 1.82) is 0 Å². The molecule has 1 N–H and O–H groups in total. The van der Waals surface area contributed by atoms with E-state index >= 15 is 0 Å². The highest BCUT2D eigenvalue weighted by atomic mass is 16.6. The lowest BCUT2D eigenvalue weighted by Crippen LogP contribution is -2.33. The van der Waals surface area contributed by atoms with E-state index in [0.29, 0.717) is 19.0 Å². The molecular weight excluding hydrogens is 538 g/mol. The van der Waals surface area contributed by atoms with E-state index in [1.165, 1.54) is 4.68 Å². The first-order valence-corrected chi connectivity index (χ1v) is 15.9. The Balaban J connectivity index is 1.18. The average Bonchev–Trinajstić information content (AvgIpc) is 3.59. The number of benzene rings is 2. The predicted octanol–water partition coefficient (Wildman–Crippen LogP) is 6.64. The summed E-state index contributed by atoms with van der Waals surface area (Å²) in [6, 6.07) is 21.3. The SMILES string of the molecule is CC(C)(C)OC(=O)C1(CCCCNC(=O)C(c2ccc(Cn3nc(-c4ccccc4)ccc3=O)cc2)C2CCCC2)CC1. The number of carbonyl (C=O) groups excluding carboxylic acids is 2. The Labute approximate surface area is 255 Å². The van der Waals surface area contributed by atoms with Gasteiger partial charge in [0.25, 0.3) is 5.56 Å². The highest BCUT2D eigenvalue weighted by molar-refractivity contribution is 5.84. The maximum Gasteiger partial charge on any atom is 0.312 e. The molecule has 0 radical (unpaired) electrons. The highest BCUT2D eigenvalue weighted by Gasteiger charge is 2.51. The summed E-state index contributed by atoms with van der Waals surface area (Å²) in [6.07, 6.45) is 8.79. The van der Waals surface area contributed by atoms with Gasteiger partial charge >= 0.3 is 5.97 Å². The van der Waals surface area contributed by atoms with E-state index in [4.69, 9.17) is 4.74 Å². The number of aromatic nitrogens is 2. The molecule has 5 rings (SSSR count). The summed E-state index contributed by atoms with van der Waals surface area (Å²) in [5.74, 6) is 0.162. The van der Waals surface area contributed by atoms with Gasteiger partial charge in [0.15, 0.2) is 0 Å². The largest absolute Gasteiger partial charge is 0.460 e. The van der Waals surface area contributed by atoms with E-state index in [9.17, 15) is 14.4 Å². The van der Waals surface area contributed by atoms with E-state index < -0.39 is 5.60 Å². The summed E-state index contributed by atoms with van der Waals surface area (Å²) in [4.78, 5) is 38.7. The third kappa shape index (κ3) is 8.01. The fourth-order valence-corrected chi connectivity index (χ4v) is 6.26. The summed E-state index contributed by atoms with van der Waals surface area (Å²) >= 11 is 0. The first-order valence-electron chi connectivity index (χ1n) is 15.9. The van der Waals surface area contributed by atoms with Gasteiger partial charge in [0.1, 0.15) is 5.60 Å². The van der Waals surface area contributed by atoms with E-state index in [1.807, 2.05) is 75.4 Å². The molecule has 0 bridgehead atoms. The number of nitrogens with zero attached hydrogens (tertiary/aromatic N) is 2. The van der Waals surface area contributed by atoms with E-state index in [0.717, 1.165) is 80.2 Å². The maximum atomic E-state index is 13.5. The number of rotatable bonds is 12. The fraction of sp³-hybridized carbons (Fsp3) is 0.500. The van der Waals surface area contributed by atoms with Crippen LogP contribution in [0.1, 0.15) is 95.6 Å². The highest BCUT2D eigenvalue weighted by Crippen LogP contribution is 2.51. The van der Waals surface area contributed by atoms with Gasteiger partial charge in [0.05, 0.1) is 23.6 Å². The molecule has 7 heteroatoms. The van der Waals surface area contributed by atoms with Gasteiger partial charge in [-0.3, -0.25) is 14.4 Å². The zero-order valence-electron chi connectivity index (χ0n) is 25.8. The number of ether oxygens (including phenoxy) is 1. The smallest absolute Gasteiger partial charge is 0.312 e. The average molecular weight is 584 g/mol. The van der Waals surface area contributed by atoms with Crippen molar-refractivity contribution >= 4 is 11.9 Å². The third-order valence-corrected chi connectivity index (χ3v) is 8.83. The first kappa shape index (κ1) is 30.7. The van der Waals surface area contributed by atoms with Crippen LogP contribution in [0.3, 0.4) is 0 Å². The van der Waals surface area contributed by atoms with Gasteiger partial charge < -0.3 is 10.1 Å². The Morgan fingerprint density at radius 3 is 2.33 bits per heavy atom. The molecule has 43 heavy (non-hydrogen) atoms. The maximum absolute atomic E-state index is 13.5. The Bertz CT molecular complexity index is 1450. The zero-order chi connectivity index (χ0) is 30.5. The summed E-state index contributed by atoms with van der Waals surface area (Å²) in [5.41, 5.74) is 2.79. The molecule has 1 aromatic heterocycles. The van der Waals surface area contributed by atoms with Crippen LogP contribution in [-0.4, -0.2) is 33.8 Å². The Kier molecular flexibility index (Phi) is 9.48. The molecule has 2 aliphatic carbocycles. The standard InChI is InChI=1S/C36H45N3O4/c1-35(2,3)43-34(42)36(22-23-36)21-9-10-24-37-33(41)32(28-13-7-8-14-28)29-17-15-26(16-18-29)25-39-31(40)20-19-30(38-39)27-11-5-4-6-12-27/h4-6,11-12,15-20,28,32H,7-10,13-14,21-25H2,1-3H3,(H,37,41). The summed E-state index contributed by atoms with van der Waals surface area (Å²) in [7, 11) is 0. The van der Waals surface area contributed by atoms with Gasteiger partial charge in [0, 0.05) is 18.2 Å². The molecule has 2 aromatic carbocycles. The Morgan fingerprint density at radius 1 is 0.977 bits per heavy atom. The van der Waals surface area contributed by atoms with Crippen LogP contribution in [-0.2, 0) is 20.9 Å². The van der Waals surface area contributed by atoms with Crippen LogP contribution in [0.5, 0.6) is 0 Å². The summed E-state index contributed by atoms with van der Waals surface area (Å²) in [6.45, 7) is 6.71. The minimum Gasteiger partial charge on any atom is -0.460 e.